The van der Waals surface area contributed by atoms with Gasteiger partial charge in [-0.1, -0.05) is 35.8 Å². The third-order valence-corrected chi connectivity index (χ3v) is 2.19. The molecule has 2 aromatic rings. The van der Waals surface area contributed by atoms with Gasteiger partial charge in [0, 0.05) is 9.68 Å². The van der Waals surface area contributed by atoms with Crippen molar-refractivity contribution in [1.82, 2.24) is 4.98 Å². The lowest BCUT2D eigenvalue weighted by Gasteiger charge is -2.09. The zero-order valence-electron chi connectivity index (χ0n) is 15.4. The van der Waals surface area contributed by atoms with Gasteiger partial charge in [0.05, 0.1) is 12.6 Å². The Bertz CT molecular complexity index is 776. The normalized spacial score (nSPS) is 17.2. The number of ether oxygens (including phenoxy) is 1. The number of pyridine rings is 1. The number of rotatable bonds is 2. The molecule has 0 radical (unpaired) electrons. The molecule has 3 heteroatoms. The van der Waals surface area contributed by atoms with Crippen molar-refractivity contribution in [2.24, 2.45) is 0 Å². The van der Waals surface area contributed by atoms with E-state index in [1.165, 1.54) is 19.2 Å². The number of methoxy groups -OCH3 is 1. The standard InChI is InChI=1S/C13H12ClNO/c1-9-5-3-4-6-10(9)11-7-8-12(14)15-13(11)16-2/h3-8H,1-2H3/i1D3,3D,4D,5D,6D. The van der Waals surface area contributed by atoms with Crippen molar-refractivity contribution in [2.75, 3.05) is 7.11 Å². The molecule has 0 fully saturated rings. The van der Waals surface area contributed by atoms with Crippen molar-refractivity contribution in [3.8, 4) is 17.0 Å². The smallest absolute Gasteiger partial charge is 0.222 e. The summed E-state index contributed by atoms with van der Waals surface area (Å²) in [5.74, 6) is -0.0203. The molecule has 0 saturated carbocycles. The number of nitrogens with zero attached hydrogens (tertiary/aromatic N) is 1. The van der Waals surface area contributed by atoms with Gasteiger partial charge in [0.2, 0.25) is 5.88 Å². The molecule has 0 aliphatic rings. The van der Waals surface area contributed by atoms with E-state index in [-0.39, 0.29) is 22.2 Å². The molecule has 0 unspecified atom stereocenters. The minimum Gasteiger partial charge on any atom is -0.481 e. The summed E-state index contributed by atoms with van der Waals surface area (Å²) < 4.78 is 59.4. The Morgan fingerprint density at radius 3 is 2.88 bits per heavy atom. The predicted octanol–water partition coefficient (Wildman–Crippen LogP) is 3.72. The molecule has 2 nitrogen and oxygen atoms in total. The zero-order chi connectivity index (χ0) is 17.5. The second-order valence-corrected chi connectivity index (χ2v) is 3.33. The van der Waals surface area contributed by atoms with Gasteiger partial charge in [-0.2, -0.15) is 0 Å². The number of halogens is 1. The van der Waals surface area contributed by atoms with Crippen LogP contribution in [0.1, 0.15) is 15.2 Å². The molecular weight excluding hydrogens is 222 g/mol. The maximum atomic E-state index is 8.06. The molecule has 0 amide bonds. The average Bonchev–Trinajstić information content (AvgIpc) is 2.47. The van der Waals surface area contributed by atoms with Crippen molar-refractivity contribution in [2.45, 2.75) is 6.85 Å². The first-order valence-electron chi connectivity index (χ1n) is 7.91. The summed E-state index contributed by atoms with van der Waals surface area (Å²) in [5, 5.41) is 0.113. The summed E-state index contributed by atoms with van der Waals surface area (Å²) in [6, 6.07) is 0.585. The van der Waals surface area contributed by atoms with E-state index in [0.717, 1.165) is 0 Å². The topological polar surface area (TPSA) is 22.1 Å². The van der Waals surface area contributed by atoms with E-state index in [9.17, 15) is 0 Å². The molecule has 0 atom stereocenters. The second-order valence-electron chi connectivity index (χ2n) is 2.94. The fraction of sp³-hybridized carbons (Fsp3) is 0.154. The van der Waals surface area contributed by atoms with Crippen LogP contribution in [0.25, 0.3) is 11.1 Å². The Labute approximate surface area is 110 Å². The van der Waals surface area contributed by atoms with Gasteiger partial charge >= 0.3 is 0 Å². The summed E-state index contributed by atoms with van der Waals surface area (Å²) in [6.45, 7) is -2.74. The number of hydrogen-bond donors (Lipinski definition) is 0. The summed E-state index contributed by atoms with van der Waals surface area (Å²) in [6.07, 6.45) is 0. The van der Waals surface area contributed by atoms with E-state index >= 15 is 0 Å². The molecule has 0 spiro atoms. The van der Waals surface area contributed by atoms with Gasteiger partial charge in [-0.05, 0) is 30.1 Å². The zero-order valence-corrected chi connectivity index (χ0v) is 9.14. The van der Waals surface area contributed by atoms with Crippen LogP contribution < -0.4 is 4.74 Å². The molecule has 0 aliphatic heterocycles. The van der Waals surface area contributed by atoms with E-state index in [1.807, 2.05) is 0 Å². The summed E-state index contributed by atoms with van der Waals surface area (Å²) in [5.41, 5.74) is -0.516. The lowest BCUT2D eigenvalue weighted by molar-refractivity contribution is 0.400. The molecule has 0 aliphatic carbocycles. The molecule has 1 heterocycles. The van der Waals surface area contributed by atoms with E-state index < -0.39 is 36.6 Å². The fourth-order valence-corrected chi connectivity index (χ4v) is 1.42. The van der Waals surface area contributed by atoms with E-state index in [4.69, 9.17) is 25.9 Å². The van der Waals surface area contributed by atoms with Crippen LogP contribution in [0.4, 0.5) is 0 Å². The van der Waals surface area contributed by atoms with Crippen molar-refractivity contribution in [1.29, 1.82) is 0 Å². The predicted molar refractivity (Wildman–Crippen MR) is 66.0 cm³/mol. The Balaban J connectivity index is 2.98. The van der Waals surface area contributed by atoms with Gasteiger partial charge in [0.25, 0.3) is 0 Å². The van der Waals surface area contributed by atoms with Crippen molar-refractivity contribution >= 4 is 11.6 Å². The summed E-state index contributed by atoms with van der Waals surface area (Å²) >= 11 is 5.79. The first-order chi connectivity index (χ1) is 10.6. The molecule has 1 aromatic carbocycles. The molecule has 1 aromatic heterocycles. The number of aromatic nitrogens is 1. The highest BCUT2D eigenvalue weighted by Crippen LogP contribution is 2.31. The molecule has 0 bridgehead atoms. The highest BCUT2D eigenvalue weighted by Gasteiger charge is 2.09. The largest absolute Gasteiger partial charge is 0.481 e. The van der Waals surface area contributed by atoms with E-state index in [0.29, 0.717) is 0 Å². The Kier molecular flexibility index (Phi) is 1.47. The van der Waals surface area contributed by atoms with Crippen molar-refractivity contribution in [3.05, 3.63) is 47.0 Å². The molecular formula is C13H12ClNO. The van der Waals surface area contributed by atoms with Crippen LogP contribution in [-0.2, 0) is 0 Å². The van der Waals surface area contributed by atoms with Crippen LogP contribution >= 0.6 is 11.6 Å². The van der Waals surface area contributed by atoms with E-state index in [2.05, 4.69) is 4.98 Å². The van der Waals surface area contributed by atoms with Gasteiger partial charge < -0.3 is 4.74 Å². The van der Waals surface area contributed by atoms with Gasteiger partial charge in [-0.25, -0.2) is 4.98 Å². The maximum absolute atomic E-state index is 8.06. The summed E-state index contributed by atoms with van der Waals surface area (Å²) in [4.78, 5) is 3.92. The molecule has 0 saturated heterocycles. The van der Waals surface area contributed by atoms with Crippen LogP contribution in [0.5, 0.6) is 5.88 Å². The molecule has 2 rings (SSSR count). The molecule has 0 N–H and O–H groups in total. The first-order valence-corrected chi connectivity index (χ1v) is 4.79. The van der Waals surface area contributed by atoms with Gasteiger partial charge in [0.15, 0.2) is 0 Å². The molecule has 82 valence electrons. The van der Waals surface area contributed by atoms with Crippen LogP contribution in [0.15, 0.2) is 36.3 Å². The quantitative estimate of drug-likeness (QED) is 0.747. The minimum absolute atomic E-state index is 0.0203. The maximum Gasteiger partial charge on any atom is 0.222 e. The van der Waals surface area contributed by atoms with Crippen LogP contribution in [0, 0.1) is 6.85 Å². The van der Waals surface area contributed by atoms with Gasteiger partial charge in [-0.3, -0.25) is 0 Å². The summed E-state index contributed by atoms with van der Waals surface area (Å²) in [7, 11) is 1.31. The fourth-order valence-electron chi connectivity index (χ4n) is 1.28. The average molecular weight is 241 g/mol. The van der Waals surface area contributed by atoms with Crippen molar-refractivity contribution < 1.29 is 14.3 Å². The lowest BCUT2D eigenvalue weighted by Crippen LogP contribution is -1.93. The second kappa shape index (κ2) is 4.54. The minimum atomic E-state index is -2.74. The monoisotopic (exact) mass is 240 g/mol. The lowest BCUT2D eigenvalue weighted by atomic mass is 10.0. The Morgan fingerprint density at radius 2 is 2.12 bits per heavy atom. The van der Waals surface area contributed by atoms with Crippen LogP contribution in [0.3, 0.4) is 0 Å². The SMILES string of the molecule is [2H]c1c([2H])c([2H])c(C([2H])([2H])[2H])c(-c2ccc(Cl)nc2OC)c1[2H]. The van der Waals surface area contributed by atoms with Crippen molar-refractivity contribution in [3.63, 3.8) is 0 Å². The van der Waals surface area contributed by atoms with Gasteiger partial charge in [0.1, 0.15) is 5.15 Å². The third kappa shape index (κ3) is 2.02. The highest BCUT2D eigenvalue weighted by molar-refractivity contribution is 6.29. The Hall–Kier alpha value is -1.54. The number of hydrogen-bond acceptors (Lipinski definition) is 2. The highest BCUT2D eigenvalue weighted by atomic mass is 35.5. The van der Waals surface area contributed by atoms with Crippen LogP contribution in [-0.4, -0.2) is 12.1 Å². The van der Waals surface area contributed by atoms with E-state index in [1.54, 1.807) is 0 Å². The van der Waals surface area contributed by atoms with Gasteiger partial charge in [-0.15, -0.1) is 0 Å². The third-order valence-electron chi connectivity index (χ3n) is 1.98. The van der Waals surface area contributed by atoms with Crippen LogP contribution in [0.2, 0.25) is 5.15 Å². The Morgan fingerprint density at radius 1 is 1.31 bits per heavy atom. The first kappa shape index (κ1) is 5.19. The number of benzene rings is 1. The molecule has 16 heavy (non-hydrogen) atoms.